The highest BCUT2D eigenvalue weighted by Gasteiger charge is 2.05. The van der Waals surface area contributed by atoms with Gasteiger partial charge in [-0.25, -0.2) is 0 Å². The van der Waals surface area contributed by atoms with Crippen LogP contribution in [0.3, 0.4) is 0 Å². The summed E-state index contributed by atoms with van der Waals surface area (Å²) >= 11 is 6.49. The molecule has 1 aromatic carbocycles. The molecule has 0 aromatic heterocycles. The maximum absolute atomic E-state index is 11.0. The first kappa shape index (κ1) is 9.89. The molecule has 0 amide bonds. The van der Waals surface area contributed by atoms with Crippen LogP contribution in [0.1, 0.15) is 10.4 Å². The maximum Gasteiger partial charge on any atom is 0.188 e. The molecular weight excluding hydrogens is 288 g/mol. The largest absolute Gasteiger partial charge is 0.388 e. The number of carbonyl (C=O) groups excluding carboxylic acids is 1. The summed E-state index contributed by atoms with van der Waals surface area (Å²) in [6.45, 7) is -0.455. The first-order valence-electron chi connectivity index (χ1n) is 3.23. The predicted octanol–water partition coefficient (Wildman–Crippen LogP) is 2.39. The van der Waals surface area contributed by atoms with Crippen LogP contribution < -0.4 is 0 Å². The molecule has 1 aromatic rings. The molecule has 0 aliphatic rings. The topological polar surface area (TPSA) is 37.3 Å². The molecule has 0 spiro atoms. The van der Waals surface area contributed by atoms with Gasteiger partial charge < -0.3 is 5.11 Å². The fourth-order valence-electron chi connectivity index (χ4n) is 0.806. The summed E-state index contributed by atoms with van der Waals surface area (Å²) in [4.78, 5) is 11.0. The summed E-state index contributed by atoms with van der Waals surface area (Å²) in [6, 6.07) is 5.17. The number of aliphatic hydroxyl groups excluding tert-OH is 1. The number of hydrogen-bond donors (Lipinski definition) is 1. The highest BCUT2D eigenvalue weighted by Crippen LogP contribution is 2.20. The van der Waals surface area contributed by atoms with Gasteiger partial charge in [-0.2, -0.15) is 0 Å². The van der Waals surface area contributed by atoms with Crippen LogP contribution >= 0.6 is 31.9 Å². The highest BCUT2D eigenvalue weighted by atomic mass is 79.9. The van der Waals surface area contributed by atoms with E-state index >= 15 is 0 Å². The van der Waals surface area contributed by atoms with Crippen LogP contribution in [0.15, 0.2) is 27.1 Å². The smallest absolute Gasteiger partial charge is 0.188 e. The molecule has 1 rings (SSSR count). The second-order valence-corrected chi connectivity index (χ2v) is 4.07. The number of carbonyl (C=O) groups is 1. The van der Waals surface area contributed by atoms with Crippen LogP contribution in [-0.2, 0) is 0 Å². The number of benzene rings is 1. The Morgan fingerprint density at radius 3 is 2.17 bits per heavy atom. The molecule has 0 heterocycles. The van der Waals surface area contributed by atoms with E-state index in [4.69, 9.17) is 5.11 Å². The Morgan fingerprint density at radius 1 is 1.25 bits per heavy atom. The summed E-state index contributed by atoms with van der Waals surface area (Å²) in [5.74, 6) is -0.281. The van der Waals surface area contributed by atoms with Crippen molar-refractivity contribution in [2.75, 3.05) is 6.61 Å². The first-order valence-corrected chi connectivity index (χ1v) is 4.82. The van der Waals surface area contributed by atoms with E-state index in [-0.39, 0.29) is 5.78 Å². The third-order valence-corrected chi connectivity index (χ3v) is 2.24. The van der Waals surface area contributed by atoms with Gasteiger partial charge in [0.05, 0.1) is 0 Å². The van der Waals surface area contributed by atoms with Gasteiger partial charge in [0.25, 0.3) is 0 Å². The molecule has 1 N–H and O–H groups in total. The SMILES string of the molecule is O=C(CO)c1cc(Br)cc(Br)c1. The summed E-state index contributed by atoms with van der Waals surface area (Å²) < 4.78 is 1.63. The molecule has 0 bridgehead atoms. The quantitative estimate of drug-likeness (QED) is 0.850. The predicted molar refractivity (Wildman–Crippen MR) is 53.3 cm³/mol. The minimum Gasteiger partial charge on any atom is -0.388 e. The lowest BCUT2D eigenvalue weighted by atomic mass is 10.1. The Bertz CT molecular complexity index is 290. The van der Waals surface area contributed by atoms with Gasteiger partial charge in [0, 0.05) is 14.5 Å². The molecular formula is C8H6Br2O2. The van der Waals surface area contributed by atoms with Crippen molar-refractivity contribution < 1.29 is 9.90 Å². The Kier molecular flexibility index (Phi) is 3.43. The fourth-order valence-corrected chi connectivity index (χ4v) is 2.10. The first-order chi connectivity index (χ1) is 5.63. The number of aliphatic hydroxyl groups is 1. The van der Waals surface area contributed by atoms with Gasteiger partial charge >= 0.3 is 0 Å². The fraction of sp³-hybridized carbons (Fsp3) is 0.125. The zero-order valence-electron chi connectivity index (χ0n) is 6.05. The van der Waals surface area contributed by atoms with Crippen molar-refractivity contribution in [3.8, 4) is 0 Å². The van der Waals surface area contributed by atoms with Gasteiger partial charge in [-0.3, -0.25) is 4.79 Å². The van der Waals surface area contributed by atoms with Gasteiger partial charge in [-0.1, -0.05) is 31.9 Å². The van der Waals surface area contributed by atoms with Crippen molar-refractivity contribution in [3.63, 3.8) is 0 Å². The number of rotatable bonds is 2. The Balaban J connectivity index is 3.08. The van der Waals surface area contributed by atoms with Crippen LogP contribution in [0, 0.1) is 0 Å². The van der Waals surface area contributed by atoms with E-state index in [2.05, 4.69) is 31.9 Å². The lowest BCUT2D eigenvalue weighted by molar-refractivity contribution is 0.0903. The average molecular weight is 294 g/mol. The monoisotopic (exact) mass is 292 g/mol. The van der Waals surface area contributed by atoms with Crippen molar-refractivity contribution in [2.45, 2.75) is 0 Å². The molecule has 0 radical (unpaired) electrons. The Morgan fingerprint density at radius 2 is 1.75 bits per heavy atom. The molecule has 0 saturated carbocycles. The van der Waals surface area contributed by atoms with E-state index in [0.717, 1.165) is 8.95 Å². The molecule has 0 unspecified atom stereocenters. The van der Waals surface area contributed by atoms with Gasteiger partial charge in [-0.15, -0.1) is 0 Å². The van der Waals surface area contributed by atoms with Gasteiger partial charge in [0.1, 0.15) is 6.61 Å². The van der Waals surface area contributed by atoms with Crippen molar-refractivity contribution in [2.24, 2.45) is 0 Å². The Labute approximate surface area is 86.9 Å². The Hall–Kier alpha value is -0.190. The van der Waals surface area contributed by atoms with Crippen LogP contribution in [0.4, 0.5) is 0 Å². The minimum atomic E-state index is -0.455. The average Bonchev–Trinajstić information content (AvgIpc) is 2.01. The summed E-state index contributed by atoms with van der Waals surface area (Å²) in [5.41, 5.74) is 0.499. The van der Waals surface area contributed by atoms with Crippen LogP contribution in [0.2, 0.25) is 0 Å². The molecule has 12 heavy (non-hydrogen) atoms. The number of Topliss-reactive ketones (excluding diaryl/α,β-unsaturated/α-hetero) is 1. The summed E-state index contributed by atoms with van der Waals surface area (Å²) in [6.07, 6.45) is 0. The lowest BCUT2D eigenvalue weighted by Gasteiger charge is -1.99. The molecule has 0 atom stereocenters. The van der Waals surface area contributed by atoms with Crippen LogP contribution in [-0.4, -0.2) is 17.5 Å². The van der Waals surface area contributed by atoms with Crippen molar-refractivity contribution in [1.82, 2.24) is 0 Å². The van der Waals surface area contributed by atoms with E-state index in [0.29, 0.717) is 5.56 Å². The van der Waals surface area contributed by atoms with E-state index < -0.39 is 6.61 Å². The summed E-state index contributed by atoms with van der Waals surface area (Å²) in [7, 11) is 0. The minimum absolute atomic E-state index is 0.281. The molecule has 0 aliphatic carbocycles. The highest BCUT2D eigenvalue weighted by molar-refractivity contribution is 9.11. The third-order valence-electron chi connectivity index (χ3n) is 1.33. The van der Waals surface area contributed by atoms with Crippen LogP contribution in [0.5, 0.6) is 0 Å². The van der Waals surface area contributed by atoms with Crippen molar-refractivity contribution >= 4 is 37.6 Å². The summed E-state index contributed by atoms with van der Waals surface area (Å²) in [5, 5.41) is 8.59. The zero-order chi connectivity index (χ0) is 9.14. The number of hydrogen-bond acceptors (Lipinski definition) is 2. The molecule has 0 saturated heterocycles. The number of halogens is 2. The van der Waals surface area contributed by atoms with Crippen LogP contribution in [0.25, 0.3) is 0 Å². The second-order valence-electron chi connectivity index (χ2n) is 2.24. The van der Waals surface area contributed by atoms with Crippen molar-refractivity contribution in [3.05, 3.63) is 32.7 Å². The van der Waals surface area contributed by atoms with E-state index in [1.807, 2.05) is 6.07 Å². The van der Waals surface area contributed by atoms with Gasteiger partial charge in [-0.05, 0) is 18.2 Å². The standard InChI is InChI=1S/C8H6Br2O2/c9-6-1-5(8(12)4-11)2-7(10)3-6/h1-3,11H,4H2. The third kappa shape index (κ3) is 2.40. The normalized spacial score (nSPS) is 9.92. The molecule has 0 aliphatic heterocycles. The number of ketones is 1. The van der Waals surface area contributed by atoms with Crippen molar-refractivity contribution in [1.29, 1.82) is 0 Å². The van der Waals surface area contributed by atoms with E-state index in [1.165, 1.54) is 0 Å². The lowest BCUT2D eigenvalue weighted by Crippen LogP contribution is -2.03. The van der Waals surface area contributed by atoms with Gasteiger partial charge in [0.2, 0.25) is 0 Å². The van der Waals surface area contributed by atoms with E-state index in [1.54, 1.807) is 12.1 Å². The van der Waals surface area contributed by atoms with E-state index in [9.17, 15) is 4.79 Å². The molecule has 4 heteroatoms. The maximum atomic E-state index is 11.0. The molecule has 64 valence electrons. The molecule has 2 nitrogen and oxygen atoms in total. The molecule has 0 fully saturated rings. The second kappa shape index (κ2) is 4.16. The van der Waals surface area contributed by atoms with Gasteiger partial charge in [0.15, 0.2) is 5.78 Å². The zero-order valence-corrected chi connectivity index (χ0v) is 9.22.